The van der Waals surface area contributed by atoms with E-state index >= 15 is 0 Å². The lowest BCUT2D eigenvalue weighted by molar-refractivity contribution is -0.117. The largest absolute Gasteiger partial charge is 0.508 e. The molecule has 2 aromatic rings. The Balaban J connectivity index is 1.98. The number of carbonyl (C=O) groups excluding carboxylic acids is 1. The number of benzene rings is 2. The molecule has 0 saturated heterocycles. The highest BCUT2D eigenvalue weighted by molar-refractivity contribution is 5.97. The highest BCUT2D eigenvalue weighted by atomic mass is 16.3. The number of aromatic hydroxyl groups is 2. The molecule has 2 rings (SSSR count). The fraction of sp³-hybridized carbons (Fsp3) is 0.100. The third-order valence-corrected chi connectivity index (χ3v) is 3.52. The van der Waals surface area contributed by atoms with E-state index < -0.39 is 5.91 Å². The Morgan fingerprint density at radius 2 is 1.92 bits per heavy atom. The van der Waals surface area contributed by atoms with E-state index in [2.05, 4.69) is 5.32 Å². The van der Waals surface area contributed by atoms with E-state index in [4.69, 9.17) is 5.26 Å². The van der Waals surface area contributed by atoms with Crippen molar-refractivity contribution in [2.45, 2.75) is 13.5 Å². The molecule has 5 nitrogen and oxygen atoms in total. The Kier molecular flexibility index (Phi) is 5.97. The summed E-state index contributed by atoms with van der Waals surface area (Å²) in [6.45, 7) is 2.04. The fourth-order valence-electron chi connectivity index (χ4n) is 2.11. The van der Waals surface area contributed by atoms with Crippen LogP contribution in [0.4, 0.5) is 0 Å². The summed E-state index contributed by atoms with van der Waals surface area (Å²) >= 11 is 0. The van der Waals surface area contributed by atoms with Crippen molar-refractivity contribution >= 4 is 12.0 Å². The monoisotopic (exact) mass is 334 g/mol. The average Bonchev–Trinajstić information content (AvgIpc) is 2.61. The number of aryl methyl sites for hydroxylation is 1. The quantitative estimate of drug-likeness (QED) is 0.445. The molecule has 0 saturated carbocycles. The molecule has 0 aliphatic heterocycles. The second-order valence-corrected chi connectivity index (χ2v) is 5.45. The molecule has 5 heteroatoms. The number of hydrogen-bond donors (Lipinski definition) is 3. The molecule has 0 aromatic heterocycles. The number of hydrogen-bond acceptors (Lipinski definition) is 4. The van der Waals surface area contributed by atoms with E-state index in [0.717, 1.165) is 16.7 Å². The van der Waals surface area contributed by atoms with Gasteiger partial charge >= 0.3 is 0 Å². The van der Waals surface area contributed by atoms with Crippen LogP contribution in [0.2, 0.25) is 0 Å². The first-order chi connectivity index (χ1) is 12.0. The summed E-state index contributed by atoms with van der Waals surface area (Å²) in [6, 6.07) is 13.5. The number of rotatable bonds is 5. The minimum absolute atomic E-state index is 0.00877. The first-order valence-electron chi connectivity index (χ1n) is 7.64. The number of amides is 1. The van der Waals surface area contributed by atoms with Crippen molar-refractivity contribution in [3.63, 3.8) is 0 Å². The van der Waals surface area contributed by atoms with Crippen LogP contribution in [0, 0.1) is 18.3 Å². The Hall–Kier alpha value is -3.52. The Morgan fingerprint density at radius 1 is 1.20 bits per heavy atom. The van der Waals surface area contributed by atoms with Gasteiger partial charge in [-0.15, -0.1) is 0 Å². The van der Waals surface area contributed by atoms with Gasteiger partial charge in [0.25, 0.3) is 5.91 Å². The Morgan fingerprint density at radius 3 is 2.56 bits per heavy atom. The molecule has 0 atom stereocenters. The van der Waals surface area contributed by atoms with E-state index in [0.29, 0.717) is 0 Å². The Labute approximate surface area is 146 Å². The van der Waals surface area contributed by atoms with Crippen molar-refractivity contribution in [3.8, 4) is 17.6 Å². The van der Waals surface area contributed by atoms with Gasteiger partial charge in [-0.2, -0.15) is 5.26 Å². The van der Waals surface area contributed by atoms with Gasteiger partial charge in [0.2, 0.25) is 0 Å². The van der Waals surface area contributed by atoms with Crippen molar-refractivity contribution in [3.05, 3.63) is 76.9 Å². The first-order valence-corrected chi connectivity index (χ1v) is 7.64. The molecule has 2 aromatic carbocycles. The lowest BCUT2D eigenvalue weighted by Crippen LogP contribution is -2.23. The molecule has 0 heterocycles. The zero-order valence-corrected chi connectivity index (χ0v) is 13.7. The average molecular weight is 334 g/mol. The topological polar surface area (TPSA) is 93.4 Å². The van der Waals surface area contributed by atoms with Crippen LogP contribution in [0.5, 0.6) is 11.5 Å². The number of nitrogens with zero attached hydrogens (tertiary/aromatic N) is 1. The summed E-state index contributed by atoms with van der Waals surface area (Å²) in [5, 5.41) is 30.5. The van der Waals surface area contributed by atoms with Crippen molar-refractivity contribution in [2.75, 3.05) is 0 Å². The molecule has 0 radical (unpaired) electrons. The maximum absolute atomic E-state index is 12.1. The number of allylic oxidation sites excluding steroid dienone is 2. The van der Waals surface area contributed by atoms with Crippen LogP contribution < -0.4 is 5.32 Å². The highest BCUT2D eigenvalue weighted by Crippen LogP contribution is 2.16. The van der Waals surface area contributed by atoms with Crippen LogP contribution in [-0.2, 0) is 11.3 Å². The molecule has 3 N–H and O–H groups in total. The molecule has 0 unspecified atom stereocenters. The smallest absolute Gasteiger partial charge is 0.262 e. The zero-order valence-electron chi connectivity index (χ0n) is 13.7. The van der Waals surface area contributed by atoms with Gasteiger partial charge in [0, 0.05) is 6.54 Å². The van der Waals surface area contributed by atoms with Gasteiger partial charge < -0.3 is 15.5 Å². The summed E-state index contributed by atoms with van der Waals surface area (Å²) in [7, 11) is 0. The number of phenols is 2. The molecule has 0 aliphatic carbocycles. The number of carbonyl (C=O) groups is 1. The molecule has 0 bridgehead atoms. The van der Waals surface area contributed by atoms with E-state index in [1.54, 1.807) is 61.5 Å². The van der Waals surface area contributed by atoms with Crippen LogP contribution >= 0.6 is 0 Å². The second kappa shape index (κ2) is 8.37. The second-order valence-electron chi connectivity index (χ2n) is 5.45. The number of nitriles is 1. The minimum Gasteiger partial charge on any atom is -0.508 e. The predicted molar refractivity (Wildman–Crippen MR) is 95.5 cm³/mol. The van der Waals surface area contributed by atoms with Crippen LogP contribution in [0.1, 0.15) is 16.7 Å². The summed E-state index contributed by atoms with van der Waals surface area (Å²) in [4.78, 5) is 12.1. The van der Waals surface area contributed by atoms with Gasteiger partial charge in [-0.05, 0) is 47.9 Å². The van der Waals surface area contributed by atoms with Gasteiger partial charge in [0.05, 0.1) is 0 Å². The van der Waals surface area contributed by atoms with Gasteiger partial charge in [0.15, 0.2) is 0 Å². The standard InChI is InChI=1S/C20H18N2O3/c1-14-11-16(7-10-19(14)24)13-22-20(25)17(12-21)4-2-3-15-5-8-18(23)9-6-15/h2-11,23-24H,13H2,1H3,(H,22,25)/b3-2+,17-4+. The molecule has 25 heavy (non-hydrogen) atoms. The van der Waals surface area contributed by atoms with Crippen LogP contribution in [-0.4, -0.2) is 16.1 Å². The van der Waals surface area contributed by atoms with Crippen molar-refractivity contribution in [2.24, 2.45) is 0 Å². The number of phenolic OH excluding ortho intramolecular Hbond substituents is 2. The van der Waals surface area contributed by atoms with E-state index in [1.807, 2.05) is 6.07 Å². The van der Waals surface area contributed by atoms with Gasteiger partial charge in [0.1, 0.15) is 23.1 Å². The lowest BCUT2D eigenvalue weighted by Gasteiger charge is -2.06. The van der Waals surface area contributed by atoms with Crippen LogP contribution in [0.3, 0.4) is 0 Å². The number of nitrogens with one attached hydrogen (secondary N) is 1. The summed E-state index contributed by atoms with van der Waals surface area (Å²) in [6.07, 6.45) is 4.77. The van der Waals surface area contributed by atoms with Crippen molar-refractivity contribution in [1.29, 1.82) is 5.26 Å². The molecular weight excluding hydrogens is 316 g/mol. The molecule has 0 aliphatic rings. The molecule has 1 amide bonds. The maximum Gasteiger partial charge on any atom is 0.262 e. The fourth-order valence-corrected chi connectivity index (χ4v) is 2.11. The van der Waals surface area contributed by atoms with Crippen LogP contribution in [0.25, 0.3) is 6.08 Å². The van der Waals surface area contributed by atoms with E-state index in [-0.39, 0.29) is 23.6 Å². The molecular formula is C20H18N2O3. The van der Waals surface area contributed by atoms with Gasteiger partial charge in [-0.1, -0.05) is 36.4 Å². The van der Waals surface area contributed by atoms with Gasteiger partial charge in [-0.25, -0.2) is 0 Å². The highest BCUT2D eigenvalue weighted by Gasteiger charge is 2.07. The third-order valence-electron chi connectivity index (χ3n) is 3.52. The lowest BCUT2D eigenvalue weighted by atomic mass is 10.1. The molecule has 0 fully saturated rings. The van der Waals surface area contributed by atoms with E-state index in [9.17, 15) is 15.0 Å². The van der Waals surface area contributed by atoms with Crippen LogP contribution in [0.15, 0.2) is 60.2 Å². The Bertz CT molecular complexity index is 860. The minimum atomic E-state index is -0.469. The maximum atomic E-state index is 12.1. The molecule has 0 spiro atoms. The predicted octanol–water partition coefficient (Wildman–Crippen LogP) is 3.19. The normalized spacial score (nSPS) is 11.3. The summed E-state index contributed by atoms with van der Waals surface area (Å²) in [5.41, 5.74) is 2.39. The SMILES string of the molecule is Cc1cc(CNC(=O)/C(C#N)=C/C=C/c2ccc(O)cc2)ccc1O. The van der Waals surface area contributed by atoms with E-state index in [1.165, 1.54) is 6.08 Å². The van der Waals surface area contributed by atoms with Crippen molar-refractivity contribution in [1.82, 2.24) is 5.32 Å². The summed E-state index contributed by atoms with van der Waals surface area (Å²) < 4.78 is 0. The third kappa shape index (κ3) is 5.26. The summed E-state index contributed by atoms with van der Waals surface area (Å²) in [5.74, 6) is -0.0927. The van der Waals surface area contributed by atoms with Gasteiger partial charge in [-0.3, -0.25) is 4.79 Å². The zero-order chi connectivity index (χ0) is 18.2. The first kappa shape index (κ1) is 17.8. The molecule has 126 valence electrons. The van der Waals surface area contributed by atoms with Crippen molar-refractivity contribution < 1.29 is 15.0 Å².